The lowest BCUT2D eigenvalue weighted by atomic mass is 9.78. The standard InChI is InChI=1S/C19H28N2/c1-14(2)16-7-3-5-9-18(16)20-12-11-15-13-21-19-10-6-4-8-17(15)19/h4,6,8,10,13-14,16,18,20-21H,3,5,7,9,11-12H2,1-2H3. The average Bonchev–Trinajstić information content (AvgIpc) is 2.91. The van der Waals surface area contributed by atoms with Crippen molar-refractivity contribution < 1.29 is 0 Å². The second-order valence-corrected chi connectivity index (χ2v) is 6.86. The van der Waals surface area contributed by atoms with Gasteiger partial charge in [-0.1, -0.05) is 44.9 Å². The summed E-state index contributed by atoms with van der Waals surface area (Å²) in [7, 11) is 0. The number of hydrogen-bond donors (Lipinski definition) is 2. The van der Waals surface area contributed by atoms with E-state index in [-0.39, 0.29) is 0 Å². The highest BCUT2D eigenvalue weighted by molar-refractivity contribution is 5.83. The first-order chi connectivity index (χ1) is 10.3. The van der Waals surface area contributed by atoms with Crippen LogP contribution in [0.15, 0.2) is 30.5 Å². The molecule has 1 aliphatic rings. The third-order valence-electron chi connectivity index (χ3n) is 5.15. The number of nitrogens with one attached hydrogen (secondary N) is 2. The van der Waals surface area contributed by atoms with Crippen molar-refractivity contribution in [2.45, 2.75) is 52.0 Å². The fourth-order valence-electron chi connectivity index (χ4n) is 3.94. The van der Waals surface area contributed by atoms with E-state index >= 15 is 0 Å². The van der Waals surface area contributed by atoms with Crippen LogP contribution >= 0.6 is 0 Å². The smallest absolute Gasteiger partial charge is 0.0456 e. The highest BCUT2D eigenvalue weighted by Crippen LogP contribution is 2.30. The van der Waals surface area contributed by atoms with Crippen molar-refractivity contribution in [1.29, 1.82) is 0 Å². The van der Waals surface area contributed by atoms with Gasteiger partial charge in [-0.05, 0) is 49.3 Å². The van der Waals surface area contributed by atoms with Crippen LogP contribution in [-0.4, -0.2) is 17.6 Å². The maximum absolute atomic E-state index is 3.84. The van der Waals surface area contributed by atoms with E-state index in [0.29, 0.717) is 0 Å². The normalized spacial score (nSPS) is 23.0. The fourth-order valence-corrected chi connectivity index (χ4v) is 3.94. The molecule has 114 valence electrons. The molecular weight excluding hydrogens is 256 g/mol. The van der Waals surface area contributed by atoms with E-state index in [4.69, 9.17) is 0 Å². The minimum Gasteiger partial charge on any atom is -0.361 e. The van der Waals surface area contributed by atoms with Crippen LogP contribution in [-0.2, 0) is 6.42 Å². The Bertz CT molecular complexity index is 570. The zero-order valence-corrected chi connectivity index (χ0v) is 13.4. The SMILES string of the molecule is CC(C)C1CCCCC1NCCc1c[nH]c2ccccc12. The van der Waals surface area contributed by atoms with Gasteiger partial charge in [0.15, 0.2) is 0 Å². The summed E-state index contributed by atoms with van der Waals surface area (Å²) in [5, 5.41) is 5.22. The highest BCUT2D eigenvalue weighted by atomic mass is 14.9. The number of H-pyrrole nitrogens is 1. The molecule has 1 aromatic carbocycles. The summed E-state index contributed by atoms with van der Waals surface area (Å²) in [6.45, 7) is 5.85. The molecule has 1 saturated carbocycles. The first-order valence-electron chi connectivity index (χ1n) is 8.54. The van der Waals surface area contributed by atoms with Gasteiger partial charge < -0.3 is 10.3 Å². The van der Waals surface area contributed by atoms with Gasteiger partial charge in [0.05, 0.1) is 0 Å². The van der Waals surface area contributed by atoms with Crippen LogP contribution in [0.5, 0.6) is 0 Å². The van der Waals surface area contributed by atoms with Crippen LogP contribution in [0.4, 0.5) is 0 Å². The van der Waals surface area contributed by atoms with Crippen LogP contribution in [0, 0.1) is 11.8 Å². The van der Waals surface area contributed by atoms with E-state index in [2.05, 4.69) is 54.6 Å². The van der Waals surface area contributed by atoms with Gasteiger partial charge in [0.2, 0.25) is 0 Å². The lowest BCUT2D eigenvalue weighted by molar-refractivity contribution is 0.207. The van der Waals surface area contributed by atoms with Crippen molar-refractivity contribution in [3.05, 3.63) is 36.0 Å². The molecule has 1 heterocycles. The Morgan fingerprint density at radius 2 is 2.00 bits per heavy atom. The molecule has 2 unspecified atom stereocenters. The Labute approximate surface area is 128 Å². The van der Waals surface area contributed by atoms with Gasteiger partial charge in [0, 0.05) is 23.1 Å². The second kappa shape index (κ2) is 6.65. The third-order valence-corrected chi connectivity index (χ3v) is 5.15. The van der Waals surface area contributed by atoms with Gasteiger partial charge >= 0.3 is 0 Å². The number of hydrogen-bond acceptors (Lipinski definition) is 1. The molecule has 0 saturated heterocycles. The topological polar surface area (TPSA) is 27.8 Å². The van der Waals surface area contributed by atoms with Gasteiger partial charge in [-0.2, -0.15) is 0 Å². The summed E-state index contributed by atoms with van der Waals surface area (Å²) in [4.78, 5) is 3.38. The molecule has 21 heavy (non-hydrogen) atoms. The van der Waals surface area contributed by atoms with Gasteiger partial charge in [0.25, 0.3) is 0 Å². The van der Waals surface area contributed by atoms with E-state index < -0.39 is 0 Å². The summed E-state index contributed by atoms with van der Waals surface area (Å²) < 4.78 is 0. The van der Waals surface area contributed by atoms with Crippen molar-refractivity contribution >= 4 is 10.9 Å². The van der Waals surface area contributed by atoms with E-state index in [1.54, 1.807) is 0 Å². The fraction of sp³-hybridized carbons (Fsp3) is 0.579. The second-order valence-electron chi connectivity index (χ2n) is 6.86. The van der Waals surface area contributed by atoms with E-state index in [9.17, 15) is 0 Å². The molecule has 0 radical (unpaired) electrons. The highest BCUT2D eigenvalue weighted by Gasteiger charge is 2.26. The van der Waals surface area contributed by atoms with Crippen molar-refractivity contribution in [2.75, 3.05) is 6.54 Å². The molecule has 2 atom stereocenters. The van der Waals surface area contributed by atoms with Crippen LogP contribution in [0.1, 0.15) is 45.1 Å². The summed E-state index contributed by atoms with van der Waals surface area (Å²) in [6, 6.07) is 9.32. The van der Waals surface area contributed by atoms with Crippen LogP contribution in [0.2, 0.25) is 0 Å². The monoisotopic (exact) mass is 284 g/mol. The Balaban J connectivity index is 1.58. The minimum atomic E-state index is 0.726. The summed E-state index contributed by atoms with van der Waals surface area (Å²) in [5.41, 5.74) is 2.69. The number of aromatic amines is 1. The molecule has 2 heteroatoms. The number of benzene rings is 1. The quantitative estimate of drug-likeness (QED) is 0.830. The molecule has 0 aliphatic heterocycles. The van der Waals surface area contributed by atoms with E-state index in [0.717, 1.165) is 30.8 Å². The lowest BCUT2D eigenvalue weighted by Gasteiger charge is -2.35. The number of aromatic nitrogens is 1. The number of para-hydroxylation sites is 1. The van der Waals surface area contributed by atoms with Gasteiger partial charge in [-0.25, -0.2) is 0 Å². The Morgan fingerprint density at radius 1 is 1.19 bits per heavy atom. The Morgan fingerprint density at radius 3 is 2.86 bits per heavy atom. The molecule has 0 bridgehead atoms. The summed E-state index contributed by atoms with van der Waals surface area (Å²) >= 11 is 0. The summed E-state index contributed by atoms with van der Waals surface area (Å²) in [5.74, 6) is 1.66. The third kappa shape index (κ3) is 3.32. The molecule has 1 aliphatic carbocycles. The van der Waals surface area contributed by atoms with Crippen molar-refractivity contribution in [3.63, 3.8) is 0 Å². The average molecular weight is 284 g/mol. The molecule has 1 aromatic heterocycles. The number of rotatable bonds is 5. The molecule has 0 amide bonds. The Hall–Kier alpha value is -1.28. The zero-order valence-electron chi connectivity index (χ0n) is 13.4. The van der Waals surface area contributed by atoms with Gasteiger partial charge in [0.1, 0.15) is 0 Å². The molecule has 3 rings (SSSR count). The maximum Gasteiger partial charge on any atom is 0.0456 e. The van der Waals surface area contributed by atoms with Gasteiger partial charge in [-0.3, -0.25) is 0 Å². The van der Waals surface area contributed by atoms with Gasteiger partial charge in [-0.15, -0.1) is 0 Å². The largest absolute Gasteiger partial charge is 0.361 e. The van der Waals surface area contributed by atoms with Crippen LogP contribution in [0.25, 0.3) is 10.9 Å². The molecule has 0 spiro atoms. The minimum absolute atomic E-state index is 0.726. The molecular formula is C19H28N2. The number of fused-ring (bicyclic) bond motifs is 1. The lowest BCUT2D eigenvalue weighted by Crippen LogP contribution is -2.41. The van der Waals surface area contributed by atoms with Crippen molar-refractivity contribution in [1.82, 2.24) is 10.3 Å². The molecule has 2 aromatic rings. The first kappa shape index (κ1) is 14.6. The van der Waals surface area contributed by atoms with E-state index in [1.165, 1.54) is 42.1 Å². The summed E-state index contributed by atoms with van der Waals surface area (Å²) in [6.07, 6.45) is 8.87. The zero-order chi connectivity index (χ0) is 14.7. The Kier molecular flexibility index (Phi) is 4.64. The van der Waals surface area contributed by atoms with Crippen LogP contribution < -0.4 is 5.32 Å². The molecule has 2 nitrogen and oxygen atoms in total. The van der Waals surface area contributed by atoms with Crippen molar-refractivity contribution in [3.8, 4) is 0 Å². The predicted molar refractivity (Wildman–Crippen MR) is 90.6 cm³/mol. The maximum atomic E-state index is 3.84. The van der Waals surface area contributed by atoms with Crippen molar-refractivity contribution in [2.24, 2.45) is 11.8 Å². The van der Waals surface area contributed by atoms with E-state index in [1.807, 2.05) is 0 Å². The molecule has 2 N–H and O–H groups in total. The predicted octanol–water partition coefficient (Wildman–Crippen LogP) is 4.51. The first-order valence-corrected chi connectivity index (χ1v) is 8.54. The molecule has 1 fully saturated rings. The van der Waals surface area contributed by atoms with Crippen LogP contribution in [0.3, 0.4) is 0 Å².